The zero-order valence-corrected chi connectivity index (χ0v) is 15.5. The normalized spacial score (nSPS) is 11.7. The van der Waals surface area contributed by atoms with Crippen LogP contribution in [0.5, 0.6) is 0 Å². The number of carbonyl (C=O) groups excluding carboxylic acids is 1. The van der Waals surface area contributed by atoms with Crippen LogP contribution in [0.15, 0.2) is 84.9 Å². The third kappa shape index (κ3) is 5.53. The lowest BCUT2D eigenvalue weighted by molar-refractivity contribution is 0.0340. The van der Waals surface area contributed by atoms with Crippen molar-refractivity contribution < 1.29 is 14.3 Å². The SMILES string of the molecule is COC(=O)c1ccc(C(CCc2ccccc2)OCc2ccccc2)cc1. The number of aryl methyl sites for hydroxylation is 1. The summed E-state index contributed by atoms with van der Waals surface area (Å²) in [5, 5.41) is 0. The molecule has 0 amide bonds. The average molecular weight is 360 g/mol. The number of methoxy groups -OCH3 is 1. The Morgan fingerprint density at radius 2 is 1.41 bits per heavy atom. The van der Waals surface area contributed by atoms with E-state index in [1.807, 2.05) is 36.4 Å². The van der Waals surface area contributed by atoms with Crippen molar-refractivity contribution in [2.24, 2.45) is 0 Å². The van der Waals surface area contributed by atoms with Gasteiger partial charge in [0.25, 0.3) is 0 Å². The summed E-state index contributed by atoms with van der Waals surface area (Å²) in [5.74, 6) is -0.326. The van der Waals surface area contributed by atoms with E-state index in [9.17, 15) is 4.79 Å². The van der Waals surface area contributed by atoms with Gasteiger partial charge in [-0.3, -0.25) is 0 Å². The lowest BCUT2D eigenvalue weighted by atomic mass is 10.00. The molecule has 0 radical (unpaired) electrons. The molecular weight excluding hydrogens is 336 g/mol. The van der Waals surface area contributed by atoms with Crippen molar-refractivity contribution in [3.8, 4) is 0 Å². The van der Waals surface area contributed by atoms with E-state index in [1.165, 1.54) is 12.7 Å². The third-order valence-corrected chi connectivity index (χ3v) is 4.54. The maximum absolute atomic E-state index is 11.7. The second-order valence-corrected chi connectivity index (χ2v) is 6.42. The zero-order chi connectivity index (χ0) is 18.9. The summed E-state index contributed by atoms with van der Waals surface area (Å²) in [6.45, 7) is 0.555. The fraction of sp³-hybridized carbons (Fsp3) is 0.208. The van der Waals surface area contributed by atoms with Gasteiger partial charge in [0.1, 0.15) is 0 Å². The van der Waals surface area contributed by atoms with Crippen LogP contribution >= 0.6 is 0 Å². The van der Waals surface area contributed by atoms with Gasteiger partial charge in [0.2, 0.25) is 0 Å². The summed E-state index contributed by atoms with van der Waals surface area (Å²) < 4.78 is 11.0. The van der Waals surface area contributed by atoms with Crippen LogP contribution in [-0.4, -0.2) is 13.1 Å². The standard InChI is InChI=1S/C24H24O3/c1-26-24(25)22-15-13-21(14-16-22)23(17-12-19-8-4-2-5-9-19)27-18-20-10-6-3-7-11-20/h2-11,13-16,23H,12,17-18H2,1H3. The molecule has 0 aliphatic heterocycles. The van der Waals surface area contributed by atoms with E-state index in [4.69, 9.17) is 9.47 Å². The highest BCUT2D eigenvalue weighted by Gasteiger charge is 2.14. The Bertz CT molecular complexity index is 783. The van der Waals surface area contributed by atoms with E-state index in [-0.39, 0.29) is 12.1 Å². The first kappa shape index (κ1) is 18.9. The highest BCUT2D eigenvalue weighted by atomic mass is 16.5. The van der Waals surface area contributed by atoms with Crippen LogP contribution in [0.4, 0.5) is 0 Å². The molecule has 3 nitrogen and oxygen atoms in total. The van der Waals surface area contributed by atoms with E-state index >= 15 is 0 Å². The van der Waals surface area contributed by atoms with Crippen LogP contribution < -0.4 is 0 Å². The molecule has 27 heavy (non-hydrogen) atoms. The topological polar surface area (TPSA) is 35.5 Å². The van der Waals surface area contributed by atoms with E-state index < -0.39 is 0 Å². The van der Waals surface area contributed by atoms with Crippen molar-refractivity contribution in [3.05, 3.63) is 107 Å². The van der Waals surface area contributed by atoms with Crippen molar-refractivity contribution in [2.45, 2.75) is 25.6 Å². The molecule has 138 valence electrons. The molecule has 0 aromatic heterocycles. The quantitative estimate of drug-likeness (QED) is 0.507. The molecule has 0 heterocycles. The highest BCUT2D eigenvalue weighted by Crippen LogP contribution is 2.25. The first-order valence-corrected chi connectivity index (χ1v) is 9.14. The summed E-state index contributed by atoms with van der Waals surface area (Å²) >= 11 is 0. The van der Waals surface area contributed by atoms with Crippen LogP contribution in [0.2, 0.25) is 0 Å². The largest absolute Gasteiger partial charge is 0.465 e. The fourth-order valence-corrected chi connectivity index (χ4v) is 3.01. The van der Waals surface area contributed by atoms with Crippen LogP contribution in [0.3, 0.4) is 0 Å². The number of rotatable bonds is 8. The Morgan fingerprint density at radius 1 is 0.815 bits per heavy atom. The molecule has 3 aromatic carbocycles. The molecule has 1 unspecified atom stereocenters. The summed E-state index contributed by atoms with van der Waals surface area (Å²) in [5.41, 5.74) is 4.05. The molecule has 0 saturated heterocycles. The molecule has 0 aliphatic carbocycles. The molecule has 3 heteroatoms. The van der Waals surface area contributed by atoms with Gasteiger partial charge in [-0.2, -0.15) is 0 Å². The zero-order valence-electron chi connectivity index (χ0n) is 15.5. The minimum atomic E-state index is -0.326. The third-order valence-electron chi connectivity index (χ3n) is 4.54. The van der Waals surface area contributed by atoms with E-state index in [0.29, 0.717) is 12.2 Å². The van der Waals surface area contributed by atoms with Gasteiger partial charge in [0, 0.05) is 0 Å². The number of hydrogen-bond acceptors (Lipinski definition) is 3. The first-order valence-electron chi connectivity index (χ1n) is 9.14. The second-order valence-electron chi connectivity index (χ2n) is 6.42. The summed E-state index contributed by atoms with van der Waals surface area (Å²) in [6, 6.07) is 28.1. The van der Waals surface area contributed by atoms with Gasteiger partial charge in [0.15, 0.2) is 0 Å². The molecule has 0 saturated carbocycles. The molecule has 0 bridgehead atoms. The van der Waals surface area contributed by atoms with Gasteiger partial charge < -0.3 is 9.47 Å². The molecule has 0 fully saturated rings. The molecule has 0 spiro atoms. The predicted molar refractivity (Wildman–Crippen MR) is 107 cm³/mol. The van der Waals surface area contributed by atoms with Crippen LogP contribution in [-0.2, 0) is 22.5 Å². The number of carbonyl (C=O) groups is 1. The van der Waals surface area contributed by atoms with E-state index in [1.54, 1.807) is 12.1 Å². The number of hydrogen-bond donors (Lipinski definition) is 0. The minimum Gasteiger partial charge on any atom is -0.465 e. The second kappa shape index (κ2) is 9.70. The lowest BCUT2D eigenvalue weighted by Crippen LogP contribution is -2.08. The van der Waals surface area contributed by atoms with Gasteiger partial charge >= 0.3 is 5.97 Å². The van der Waals surface area contributed by atoms with Crippen molar-refractivity contribution in [3.63, 3.8) is 0 Å². The van der Waals surface area contributed by atoms with Crippen LogP contribution in [0.25, 0.3) is 0 Å². The Labute approximate surface area is 160 Å². The van der Waals surface area contributed by atoms with Crippen molar-refractivity contribution in [1.82, 2.24) is 0 Å². The van der Waals surface area contributed by atoms with Crippen molar-refractivity contribution in [1.29, 1.82) is 0 Å². The number of ether oxygens (including phenoxy) is 2. The Balaban J connectivity index is 1.72. The van der Waals surface area contributed by atoms with Gasteiger partial charge in [-0.05, 0) is 41.7 Å². The minimum absolute atomic E-state index is 0.0443. The summed E-state index contributed by atoms with van der Waals surface area (Å²) in [7, 11) is 1.39. The van der Waals surface area contributed by atoms with Crippen LogP contribution in [0, 0.1) is 0 Å². The lowest BCUT2D eigenvalue weighted by Gasteiger charge is -2.19. The van der Waals surface area contributed by atoms with Crippen molar-refractivity contribution in [2.75, 3.05) is 7.11 Å². The summed E-state index contributed by atoms with van der Waals surface area (Å²) in [6.07, 6.45) is 1.75. The molecule has 0 N–H and O–H groups in total. The van der Waals surface area contributed by atoms with Gasteiger partial charge in [-0.15, -0.1) is 0 Å². The van der Waals surface area contributed by atoms with Gasteiger partial charge in [-0.25, -0.2) is 4.79 Å². The molecule has 1 atom stereocenters. The van der Waals surface area contributed by atoms with E-state index in [2.05, 4.69) is 36.4 Å². The van der Waals surface area contributed by atoms with Crippen molar-refractivity contribution >= 4 is 5.97 Å². The van der Waals surface area contributed by atoms with Gasteiger partial charge in [-0.1, -0.05) is 72.8 Å². The highest BCUT2D eigenvalue weighted by molar-refractivity contribution is 5.89. The monoisotopic (exact) mass is 360 g/mol. The van der Waals surface area contributed by atoms with Crippen LogP contribution in [0.1, 0.15) is 39.6 Å². The average Bonchev–Trinajstić information content (AvgIpc) is 2.75. The summed E-state index contributed by atoms with van der Waals surface area (Å²) in [4.78, 5) is 11.7. The molecular formula is C24H24O3. The molecule has 3 aromatic rings. The Morgan fingerprint density at radius 3 is 2.00 bits per heavy atom. The maximum atomic E-state index is 11.7. The van der Waals surface area contributed by atoms with E-state index in [0.717, 1.165) is 24.0 Å². The smallest absolute Gasteiger partial charge is 0.337 e. The fourth-order valence-electron chi connectivity index (χ4n) is 3.01. The maximum Gasteiger partial charge on any atom is 0.337 e. The predicted octanol–water partition coefficient (Wildman–Crippen LogP) is 5.36. The number of esters is 1. The molecule has 0 aliphatic rings. The Hall–Kier alpha value is -2.91. The first-order chi connectivity index (χ1) is 13.3. The number of benzene rings is 3. The van der Waals surface area contributed by atoms with Gasteiger partial charge in [0.05, 0.1) is 25.4 Å². The molecule has 3 rings (SSSR count). The Kier molecular flexibility index (Phi) is 6.78.